The highest BCUT2D eigenvalue weighted by Gasteiger charge is 2.19. The van der Waals surface area contributed by atoms with Crippen molar-refractivity contribution in [2.45, 2.75) is 0 Å². The number of benzene rings is 2. The summed E-state index contributed by atoms with van der Waals surface area (Å²) in [7, 11) is 0. The largest absolute Gasteiger partial charge is 0.393 e. The number of rotatable bonds is 6. The lowest BCUT2D eigenvalue weighted by molar-refractivity contribution is 0.0959. The number of anilines is 1. The molecule has 0 saturated carbocycles. The molecule has 26 heavy (non-hydrogen) atoms. The first-order valence-corrected chi connectivity index (χ1v) is 7.39. The molecule has 3 amide bonds. The van der Waals surface area contributed by atoms with Gasteiger partial charge in [0, 0.05) is 5.69 Å². The Morgan fingerprint density at radius 1 is 1.08 bits per heavy atom. The van der Waals surface area contributed by atoms with Gasteiger partial charge < -0.3 is 10.2 Å². The van der Waals surface area contributed by atoms with Gasteiger partial charge in [0.25, 0.3) is 5.91 Å². The third kappa shape index (κ3) is 5.33. The van der Waals surface area contributed by atoms with Crippen molar-refractivity contribution in [3.63, 3.8) is 0 Å². The third-order valence-corrected chi connectivity index (χ3v) is 3.03. The maximum absolute atomic E-state index is 13.5. The van der Waals surface area contributed by atoms with Crippen molar-refractivity contribution >= 4 is 23.8 Å². The molecule has 0 atom stereocenters. The van der Waals surface area contributed by atoms with Crippen molar-refractivity contribution in [3.05, 3.63) is 65.2 Å². The van der Waals surface area contributed by atoms with Gasteiger partial charge in [0.15, 0.2) is 0 Å². The zero-order valence-electron chi connectivity index (χ0n) is 13.3. The van der Waals surface area contributed by atoms with Crippen molar-refractivity contribution in [2.24, 2.45) is 5.16 Å². The average molecular weight is 365 g/mol. The predicted octanol–water partition coefficient (Wildman–Crippen LogP) is 3.25. The van der Waals surface area contributed by atoms with E-state index in [1.165, 1.54) is 18.3 Å². The van der Waals surface area contributed by atoms with E-state index in [0.29, 0.717) is 11.3 Å². The summed E-state index contributed by atoms with van der Waals surface area (Å²) in [4.78, 5) is 28.2. The van der Waals surface area contributed by atoms with Crippen molar-refractivity contribution < 1.29 is 27.6 Å². The van der Waals surface area contributed by atoms with Gasteiger partial charge in [0.2, 0.25) is 0 Å². The summed E-state index contributed by atoms with van der Waals surface area (Å²) in [6.45, 7) is -0.794. The van der Waals surface area contributed by atoms with Crippen LogP contribution in [0.3, 0.4) is 0 Å². The summed E-state index contributed by atoms with van der Waals surface area (Å²) in [6, 6.07) is 8.14. The topological polar surface area (TPSA) is 79.8 Å². The fraction of sp³-hybridized carbons (Fsp3) is 0.118. The maximum atomic E-state index is 13.5. The van der Waals surface area contributed by atoms with Gasteiger partial charge in [0.1, 0.15) is 30.5 Å². The van der Waals surface area contributed by atoms with Crippen LogP contribution in [0.2, 0.25) is 0 Å². The van der Waals surface area contributed by atoms with E-state index >= 15 is 0 Å². The normalized spacial score (nSPS) is 10.6. The second kappa shape index (κ2) is 9.21. The van der Waals surface area contributed by atoms with E-state index in [2.05, 4.69) is 15.3 Å². The summed E-state index contributed by atoms with van der Waals surface area (Å²) in [5.41, 5.74) is 0.105. The quantitative estimate of drug-likeness (QED) is 0.469. The predicted molar refractivity (Wildman–Crippen MR) is 88.8 cm³/mol. The van der Waals surface area contributed by atoms with Crippen molar-refractivity contribution in [1.29, 1.82) is 0 Å². The number of nitrogens with zero attached hydrogens (tertiary/aromatic N) is 1. The Hall–Kier alpha value is -3.36. The molecule has 0 radical (unpaired) electrons. The molecule has 136 valence electrons. The van der Waals surface area contributed by atoms with Crippen LogP contribution < -0.4 is 10.6 Å². The average Bonchev–Trinajstić information content (AvgIpc) is 2.60. The minimum Gasteiger partial charge on any atom is -0.393 e. The van der Waals surface area contributed by atoms with Crippen LogP contribution in [0.1, 0.15) is 15.9 Å². The smallest absolute Gasteiger partial charge is 0.326 e. The number of hydrogen-bond acceptors (Lipinski definition) is 4. The number of urea groups is 1. The maximum Gasteiger partial charge on any atom is 0.326 e. The molecule has 0 heterocycles. The van der Waals surface area contributed by atoms with Crippen LogP contribution in [0.5, 0.6) is 0 Å². The van der Waals surface area contributed by atoms with Crippen LogP contribution in [-0.4, -0.2) is 31.4 Å². The Labute approximate surface area is 146 Å². The Bertz CT molecular complexity index is 790. The minimum atomic E-state index is -1.20. The summed E-state index contributed by atoms with van der Waals surface area (Å²) in [5.74, 6) is -3.35. The summed E-state index contributed by atoms with van der Waals surface area (Å²) in [6.07, 6.45) is 1.35. The van der Waals surface area contributed by atoms with E-state index < -0.39 is 35.8 Å². The van der Waals surface area contributed by atoms with Gasteiger partial charge in [-0.1, -0.05) is 23.4 Å². The highest BCUT2D eigenvalue weighted by molar-refractivity contribution is 6.08. The van der Waals surface area contributed by atoms with E-state index in [-0.39, 0.29) is 6.61 Å². The van der Waals surface area contributed by atoms with Gasteiger partial charge in [0.05, 0.1) is 6.21 Å². The molecule has 0 aliphatic carbocycles. The zero-order chi connectivity index (χ0) is 18.9. The fourth-order valence-electron chi connectivity index (χ4n) is 1.88. The fourth-order valence-corrected chi connectivity index (χ4v) is 1.88. The second-order valence-corrected chi connectivity index (χ2v) is 4.88. The first-order chi connectivity index (χ1) is 12.5. The van der Waals surface area contributed by atoms with Gasteiger partial charge in [-0.15, -0.1) is 0 Å². The van der Waals surface area contributed by atoms with Crippen molar-refractivity contribution in [3.8, 4) is 0 Å². The molecule has 6 nitrogen and oxygen atoms in total. The summed E-state index contributed by atoms with van der Waals surface area (Å²) >= 11 is 0. The van der Waals surface area contributed by atoms with E-state index in [4.69, 9.17) is 0 Å². The van der Waals surface area contributed by atoms with Gasteiger partial charge in [-0.25, -0.2) is 18.0 Å². The number of halogens is 3. The number of alkyl halides is 1. The second-order valence-electron chi connectivity index (χ2n) is 4.88. The number of nitrogens with one attached hydrogen (secondary N) is 2. The van der Waals surface area contributed by atoms with E-state index in [1.54, 1.807) is 12.1 Å². The Morgan fingerprint density at radius 2 is 1.73 bits per heavy atom. The van der Waals surface area contributed by atoms with Gasteiger partial charge in [-0.05, 0) is 29.8 Å². The van der Waals surface area contributed by atoms with Gasteiger partial charge in [-0.3, -0.25) is 10.1 Å². The molecule has 0 aliphatic heterocycles. The number of amides is 3. The lowest BCUT2D eigenvalue weighted by atomic mass is 10.2. The Balaban J connectivity index is 1.93. The molecule has 2 N–H and O–H groups in total. The zero-order valence-corrected chi connectivity index (χ0v) is 13.3. The van der Waals surface area contributed by atoms with Crippen LogP contribution in [0, 0.1) is 11.6 Å². The summed E-state index contributed by atoms with van der Waals surface area (Å²) in [5, 5.41) is 7.71. The van der Waals surface area contributed by atoms with Crippen LogP contribution in [0.25, 0.3) is 0 Å². The standard InChI is InChI=1S/C17H14F3N3O3/c18-8-9-26-21-10-11-4-6-12(7-5-11)22-17(25)23-16(24)15-13(19)2-1-3-14(15)20/h1-7,10H,8-9H2,(H2,22,23,24,25)/b21-10+. The molecule has 0 fully saturated rings. The lowest BCUT2D eigenvalue weighted by Gasteiger charge is -2.08. The molecule has 9 heteroatoms. The van der Waals surface area contributed by atoms with Crippen LogP contribution >= 0.6 is 0 Å². The first kappa shape index (κ1) is 19.0. The minimum absolute atomic E-state index is 0.146. The van der Waals surface area contributed by atoms with Gasteiger partial charge >= 0.3 is 6.03 Å². The number of carbonyl (C=O) groups excluding carboxylic acids is 2. The molecule has 0 saturated heterocycles. The molecular formula is C17H14F3N3O3. The number of imide groups is 1. The monoisotopic (exact) mass is 365 g/mol. The summed E-state index contributed by atoms with van der Waals surface area (Å²) < 4.78 is 38.8. The van der Waals surface area contributed by atoms with E-state index in [9.17, 15) is 22.8 Å². The first-order valence-electron chi connectivity index (χ1n) is 7.39. The van der Waals surface area contributed by atoms with Crippen molar-refractivity contribution in [1.82, 2.24) is 5.32 Å². The third-order valence-electron chi connectivity index (χ3n) is 3.03. The Kier molecular flexibility index (Phi) is 6.72. The van der Waals surface area contributed by atoms with Crippen LogP contribution in [0.4, 0.5) is 23.7 Å². The lowest BCUT2D eigenvalue weighted by Crippen LogP contribution is -2.35. The van der Waals surface area contributed by atoms with Gasteiger partial charge in [-0.2, -0.15) is 0 Å². The molecule has 2 rings (SSSR count). The molecule has 0 aromatic heterocycles. The highest BCUT2D eigenvalue weighted by atomic mass is 19.1. The van der Waals surface area contributed by atoms with Crippen LogP contribution in [0.15, 0.2) is 47.6 Å². The highest BCUT2D eigenvalue weighted by Crippen LogP contribution is 2.12. The number of carbonyl (C=O) groups is 2. The molecular weight excluding hydrogens is 351 g/mol. The number of oxime groups is 1. The molecule has 0 aliphatic rings. The molecule has 2 aromatic carbocycles. The molecule has 2 aromatic rings. The van der Waals surface area contributed by atoms with E-state index in [0.717, 1.165) is 18.2 Å². The number of hydrogen-bond donors (Lipinski definition) is 2. The SMILES string of the molecule is O=C(NC(=O)c1c(F)cccc1F)Nc1ccc(/C=N/OCCF)cc1. The molecule has 0 unspecified atom stereocenters. The molecule has 0 bridgehead atoms. The Morgan fingerprint density at radius 3 is 2.35 bits per heavy atom. The molecule has 0 spiro atoms. The van der Waals surface area contributed by atoms with Crippen LogP contribution in [-0.2, 0) is 4.84 Å². The van der Waals surface area contributed by atoms with E-state index in [1.807, 2.05) is 5.32 Å². The van der Waals surface area contributed by atoms with Crippen molar-refractivity contribution in [2.75, 3.05) is 18.6 Å².